The van der Waals surface area contributed by atoms with Gasteiger partial charge in [0.05, 0.1) is 16.4 Å². The molecule has 0 atom stereocenters. The third-order valence-electron chi connectivity index (χ3n) is 5.66. The Morgan fingerprint density at radius 3 is 2.56 bits per heavy atom. The zero-order chi connectivity index (χ0) is 21.9. The second kappa shape index (κ2) is 9.18. The number of halogens is 2. The van der Waals surface area contributed by atoms with Crippen LogP contribution in [0.15, 0.2) is 61.2 Å². The molecule has 2 aromatic carbocycles. The molecule has 0 amide bonds. The smallest absolute Gasteiger partial charge is 0.137 e. The second-order valence-corrected chi connectivity index (χ2v) is 8.64. The Morgan fingerprint density at radius 1 is 0.906 bits per heavy atom. The molecule has 0 radical (unpaired) electrons. The van der Waals surface area contributed by atoms with E-state index in [0.717, 1.165) is 47.8 Å². The Kier molecular flexibility index (Phi) is 5.97. The van der Waals surface area contributed by atoms with Gasteiger partial charge in [-0.25, -0.2) is 4.98 Å². The molecule has 0 aliphatic heterocycles. The monoisotopic (exact) mass is 464 g/mol. The van der Waals surface area contributed by atoms with Gasteiger partial charge in [0, 0.05) is 48.4 Å². The van der Waals surface area contributed by atoms with E-state index in [2.05, 4.69) is 54.1 Å². The van der Waals surface area contributed by atoms with Gasteiger partial charge in [0.15, 0.2) is 0 Å². The predicted octanol–water partition coefficient (Wildman–Crippen LogP) is 5.60. The molecule has 0 aliphatic carbocycles. The van der Waals surface area contributed by atoms with Crippen molar-refractivity contribution in [2.24, 2.45) is 0 Å². The number of aryl methyl sites for hydroxylation is 1. The van der Waals surface area contributed by atoms with Crippen LogP contribution in [0.25, 0.3) is 10.9 Å². The number of imidazole rings is 1. The number of nitrogens with zero attached hydrogens (tertiary/aromatic N) is 4. The summed E-state index contributed by atoms with van der Waals surface area (Å²) in [6.45, 7) is 0.820. The van der Waals surface area contributed by atoms with E-state index in [0.29, 0.717) is 22.9 Å². The van der Waals surface area contributed by atoms with Crippen molar-refractivity contribution in [1.29, 1.82) is 0 Å². The lowest BCUT2D eigenvalue weighted by Gasteiger charge is -2.11. The van der Waals surface area contributed by atoms with Gasteiger partial charge in [0.1, 0.15) is 11.6 Å². The van der Waals surface area contributed by atoms with Crippen LogP contribution in [0.2, 0.25) is 10.0 Å². The number of para-hydroxylation sites is 1. The SMILES string of the molecule is Clc1ccc(Cc2nnc(Cc3c[nH]c4ccccc34)n2CCCc2cnc[nH]2)cc1Cl. The van der Waals surface area contributed by atoms with Crippen LogP contribution in [0.1, 0.15) is 34.9 Å². The van der Waals surface area contributed by atoms with Gasteiger partial charge < -0.3 is 14.5 Å². The fourth-order valence-corrected chi connectivity index (χ4v) is 4.34. The molecule has 6 nitrogen and oxygen atoms in total. The van der Waals surface area contributed by atoms with Gasteiger partial charge in [0.2, 0.25) is 0 Å². The van der Waals surface area contributed by atoms with E-state index in [4.69, 9.17) is 23.2 Å². The standard InChI is InChI=1S/C24H22Cl2N6/c25-20-8-7-16(10-21(20)26)11-23-30-31-24(32(23)9-3-4-18-14-27-15-29-18)12-17-13-28-22-6-2-1-5-19(17)22/h1-2,5-8,10,13-15,28H,3-4,9,11-12H2,(H,27,29). The molecule has 0 bridgehead atoms. The van der Waals surface area contributed by atoms with E-state index >= 15 is 0 Å². The summed E-state index contributed by atoms with van der Waals surface area (Å²) in [5.41, 5.74) is 4.52. The molecule has 3 heterocycles. The van der Waals surface area contributed by atoms with E-state index in [1.807, 2.05) is 30.5 Å². The van der Waals surface area contributed by atoms with Crippen molar-refractivity contribution in [1.82, 2.24) is 29.7 Å². The molecule has 0 saturated heterocycles. The van der Waals surface area contributed by atoms with E-state index < -0.39 is 0 Å². The van der Waals surface area contributed by atoms with Crippen LogP contribution in [-0.2, 0) is 25.8 Å². The number of aromatic nitrogens is 6. The number of hydrogen-bond acceptors (Lipinski definition) is 3. The maximum absolute atomic E-state index is 6.23. The Hall–Kier alpha value is -3.09. The fraction of sp³-hybridized carbons (Fsp3) is 0.208. The number of rotatable bonds is 8. The van der Waals surface area contributed by atoms with Gasteiger partial charge in [-0.1, -0.05) is 47.5 Å². The lowest BCUT2D eigenvalue weighted by molar-refractivity contribution is 0.593. The number of fused-ring (bicyclic) bond motifs is 1. The highest BCUT2D eigenvalue weighted by atomic mass is 35.5. The zero-order valence-electron chi connectivity index (χ0n) is 17.4. The predicted molar refractivity (Wildman–Crippen MR) is 127 cm³/mol. The highest BCUT2D eigenvalue weighted by molar-refractivity contribution is 6.42. The van der Waals surface area contributed by atoms with Gasteiger partial charge in [-0.15, -0.1) is 10.2 Å². The van der Waals surface area contributed by atoms with Crippen LogP contribution >= 0.6 is 23.2 Å². The van der Waals surface area contributed by atoms with E-state index in [-0.39, 0.29) is 0 Å². The summed E-state index contributed by atoms with van der Waals surface area (Å²) in [6, 6.07) is 14.0. The van der Waals surface area contributed by atoms with Crippen molar-refractivity contribution in [2.75, 3.05) is 0 Å². The van der Waals surface area contributed by atoms with Crippen molar-refractivity contribution in [2.45, 2.75) is 32.2 Å². The molecule has 3 aromatic heterocycles. The topological polar surface area (TPSA) is 75.2 Å². The quantitative estimate of drug-likeness (QED) is 0.313. The first-order valence-electron chi connectivity index (χ1n) is 10.5. The van der Waals surface area contributed by atoms with Gasteiger partial charge in [-0.2, -0.15) is 0 Å². The van der Waals surface area contributed by atoms with Crippen LogP contribution < -0.4 is 0 Å². The minimum absolute atomic E-state index is 0.550. The summed E-state index contributed by atoms with van der Waals surface area (Å²) in [5.74, 6) is 1.87. The molecule has 0 unspecified atom stereocenters. The minimum Gasteiger partial charge on any atom is -0.361 e. The Balaban J connectivity index is 1.42. The molecular weight excluding hydrogens is 443 g/mol. The largest absolute Gasteiger partial charge is 0.361 e. The van der Waals surface area contributed by atoms with Crippen LogP contribution in [-0.4, -0.2) is 29.7 Å². The van der Waals surface area contributed by atoms with Crippen molar-refractivity contribution in [3.63, 3.8) is 0 Å². The molecule has 5 aromatic rings. The average molecular weight is 465 g/mol. The summed E-state index contributed by atoms with van der Waals surface area (Å²) in [7, 11) is 0. The highest BCUT2D eigenvalue weighted by Crippen LogP contribution is 2.25. The second-order valence-electron chi connectivity index (χ2n) is 7.83. The summed E-state index contributed by atoms with van der Waals surface area (Å²) in [4.78, 5) is 10.6. The van der Waals surface area contributed by atoms with Crippen molar-refractivity contribution in [3.05, 3.63) is 99.7 Å². The first kappa shape index (κ1) is 20.8. The van der Waals surface area contributed by atoms with Gasteiger partial charge in [-0.3, -0.25) is 0 Å². The molecule has 0 spiro atoms. The number of nitrogens with one attached hydrogen (secondary N) is 2. The van der Waals surface area contributed by atoms with E-state index in [9.17, 15) is 0 Å². The Morgan fingerprint density at radius 2 is 1.75 bits per heavy atom. The molecule has 0 saturated carbocycles. The molecule has 0 fully saturated rings. The molecule has 5 rings (SSSR count). The number of hydrogen-bond donors (Lipinski definition) is 2. The third kappa shape index (κ3) is 4.42. The maximum atomic E-state index is 6.23. The molecule has 162 valence electrons. The number of H-pyrrole nitrogens is 2. The molecule has 0 aliphatic rings. The van der Waals surface area contributed by atoms with Gasteiger partial charge in [0.25, 0.3) is 0 Å². The maximum Gasteiger partial charge on any atom is 0.137 e. The van der Waals surface area contributed by atoms with E-state index in [1.54, 1.807) is 6.33 Å². The summed E-state index contributed by atoms with van der Waals surface area (Å²) in [6.07, 6.45) is 8.87. The van der Waals surface area contributed by atoms with Crippen LogP contribution in [0.3, 0.4) is 0 Å². The Bertz CT molecular complexity index is 1340. The number of aromatic amines is 2. The summed E-state index contributed by atoms with van der Waals surface area (Å²) >= 11 is 12.3. The Labute approximate surface area is 195 Å². The third-order valence-corrected chi connectivity index (χ3v) is 6.40. The molecule has 8 heteroatoms. The molecule has 32 heavy (non-hydrogen) atoms. The summed E-state index contributed by atoms with van der Waals surface area (Å²) < 4.78 is 2.24. The highest BCUT2D eigenvalue weighted by Gasteiger charge is 2.15. The van der Waals surface area contributed by atoms with Gasteiger partial charge >= 0.3 is 0 Å². The van der Waals surface area contributed by atoms with Crippen LogP contribution in [0.4, 0.5) is 0 Å². The van der Waals surface area contributed by atoms with Crippen molar-refractivity contribution >= 4 is 34.1 Å². The zero-order valence-corrected chi connectivity index (χ0v) is 18.9. The van der Waals surface area contributed by atoms with Crippen molar-refractivity contribution < 1.29 is 0 Å². The first-order chi connectivity index (χ1) is 15.7. The van der Waals surface area contributed by atoms with Crippen molar-refractivity contribution in [3.8, 4) is 0 Å². The minimum atomic E-state index is 0.550. The average Bonchev–Trinajstić information content (AvgIpc) is 3.54. The normalized spacial score (nSPS) is 11.4. The number of benzene rings is 2. The van der Waals surface area contributed by atoms with Gasteiger partial charge in [-0.05, 0) is 42.2 Å². The van der Waals surface area contributed by atoms with E-state index in [1.165, 1.54) is 10.9 Å². The first-order valence-corrected chi connectivity index (χ1v) is 11.3. The van der Waals surface area contributed by atoms with Crippen LogP contribution in [0.5, 0.6) is 0 Å². The lowest BCUT2D eigenvalue weighted by atomic mass is 10.1. The fourth-order valence-electron chi connectivity index (χ4n) is 4.02. The molecular formula is C24H22Cl2N6. The lowest BCUT2D eigenvalue weighted by Crippen LogP contribution is -2.10. The molecule has 2 N–H and O–H groups in total. The van der Waals surface area contributed by atoms with Crippen LogP contribution in [0, 0.1) is 0 Å². The summed E-state index contributed by atoms with van der Waals surface area (Å²) in [5, 5.41) is 11.4.